The van der Waals surface area contributed by atoms with Gasteiger partial charge in [-0.05, 0) is 23.8 Å². The Morgan fingerprint density at radius 1 is 0.750 bits per heavy atom. The van der Waals surface area contributed by atoms with E-state index in [1.807, 2.05) is 54.6 Å². The summed E-state index contributed by atoms with van der Waals surface area (Å²) < 4.78 is 6.09. The quantitative estimate of drug-likeness (QED) is 0.546. The van der Waals surface area contributed by atoms with E-state index in [4.69, 9.17) is 9.52 Å². The van der Waals surface area contributed by atoms with Crippen LogP contribution in [-0.4, -0.2) is 11.1 Å². The Kier molecular flexibility index (Phi) is 3.39. The van der Waals surface area contributed by atoms with Crippen LogP contribution < -0.4 is 0 Å². The summed E-state index contributed by atoms with van der Waals surface area (Å²) in [5.41, 5.74) is 4.02. The number of carboxylic acid groups (broad SMARTS) is 1. The molecule has 24 heavy (non-hydrogen) atoms. The molecule has 0 bridgehead atoms. The molecular formula is C21H14O3. The Hall–Kier alpha value is -3.33. The summed E-state index contributed by atoms with van der Waals surface area (Å²) in [6, 6.07) is 24.7. The number of rotatable bonds is 3. The molecule has 0 aliphatic heterocycles. The highest BCUT2D eigenvalue weighted by Gasteiger charge is 2.17. The second-order valence-corrected chi connectivity index (χ2v) is 5.55. The Morgan fingerprint density at radius 2 is 1.42 bits per heavy atom. The zero-order chi connectivity index (χ0) is 16.5. The van der Waals surface area contributed by atoms with Crippen LogP contribution in [0.25, 0.3) is 33.4 Å². The summed E-state index contributed by atoms with van der Waals surface area (Å²) >= 11 is 0. The molecule has 0 radical (unpaired) electrons. The lowest BCUT2D eigenvalue weighted by Crippen LogP contribution is -1.94. The predicted molar refractivity (Wildman–Crippen MR) is 94.0 cm³/mol. The van der Waals surface area contributed by atoms with Gasteiger partial charge in [-0.3, -0.25) is 0 Å². The first-order valence-corrected chi connectivity index (χ1v) is 7.65. The second kappa shape index (κ2) is 5.70. The van der Waals surface area contributed by atoms with E-state index < -0.39 is 5.97 Å². The van der Waals surface area contributed by atoms with E-state index in [-0.39, 0.29) is 5.56 Å². The summed E-state index contributed by atoms with van der Waals surface area (Å²) in [7, 11) is 0. The number of fused-ring (bicyclic) bond motifs is 1. The van der Waals surface area contributed by atoms with Gasteiger partial charge in [0.1, 0.15) is 11.3 Å². The Labute approximate surface area is 138 Å². The van der Waals surface area contributed by atoms with Gasteiger partial charge in [0.05, 0.1) is 5.56 Å². The number of para-hydroxylation sites is 1. The second-order valence-electron chi connectivity index (χ2n) is 5.55. The molecule has 0 amide bonds. The van der Waals surface area contributed by atoms with Gasteiger partial charge in [0, 0.05) is 16.5 Å². The van der Waals surface area contributed by atoms with Crippen molar-refractivity contribution in [1.82, 2.24) is 0 Å². The number of benzene rings is 3. The van der Waals surface area contributed by atoms with Gasteiger partial charge in [-0.15, -0.1) is 0 Å². The lowest BCUT2D eigenvalue weighted by Gasteiger charge is -2.04. The molecule has 0 saturated carbocycles. The van der Waals surface area contributed by atoms with Crippen LogP contribution in [0, 0.1) is 0 Å². The number of hydrogen-bond acceptors (Lipinski definition) is 2. The van der Waals surface area contributed by atoms with Crippen molar-refractivity contribution in [2.75, 3.05) is 0 Å². The number of carbonyl (C=O) groups is 1. The summed E-state index contributed by atoms with van der Waals surface area (Å²) in [6.07, 6.45) is 0. The van der Waals surface area contributed by atoms with Crippen LogP contribution in [-0.2, 0) is 0 Å². The van der Waals surface area contributed by atoms with Crippen LogP contribution >= 0.6 is 0 Å². The van der Waals surface area contributed by atoms with Gasteiger partial charge in [-0.2, -0.15) is 0 Å². The van der Waals surface area contributed by atoms with Crippen molar-refractivity contribution in [3.63, 3.8) is 0 Å². The molecule has 0 fully saturated rings. The lowest BCUT2D eigenvalue weighted by molar-refractivity contribution is 0.0697. The molecule has 4 rings (SSSR count). The van der Waals surface area contributed by atoms with Crippen LogP contribution in [0.5, 0.6) is 0 Å². The van der Waals surface area contributed by atoms with Crippen molar-refractivity contribution < 1.29 is 14.3 Å². The first kappa shape index (κ1) is 14.3. The topological polar surface area (TPSA) is 50.4 Å². The van der Waals surface area contributed by atoms with Gasteiger partial charge >= 0.3 is 5.97 Å². The molecule has 0 atom stereocenters. The van der Waals surface area contributed by atoms with Crippen molar-refractivity contribution in [3.8, 4) is 22.5 Å². The van der Waals surface area contributed by atoms with E-state index in [0.29, 0.717) is 0 Å². The fourth-order valence-corrected chi connectivity index (χ4v) is 2.90. The lowest BCUT2D eigenvalue weighted by atomic mass is 9.98. The minimum absolute atomic E-state index is 0.260. The zero-order valence-corrected chi connectivity index (χ0v) is 12.8. The molecule has 0 saturated heterocycles. The average molecular weight is 314 g/mol. The summed E-state index contributed by atoms with van der Waals surface area (Å²) in [5, 5.41) is 10.1. The van der Waals surface area contributed by atoms with Gasteiger partial charge in [0.2, 0.25) is 0 Å². The average Bonchev–Trinajstić information content (AvgIpc) is 3.02. The molecule has 4 aromatic rings. The molecule has 0 aliphatic carbocycles. The summed E-state index contributed by atoms with van der Waals surface area (Å²) in [5.74, 6) is -0.186. The van der Waals surface area contributed by atoms with E-state index in [9.17, 15) is 4.79 Å². The molecule has 1 aromatic heterocycles. The maximum atomic E-state index is 11.1. The number of aromatic carboxylic acids is 1. The largest absolute Gasteiger partial charge is 0.478 e. The normalized spacial score (nSPS) is 10.8. The van der Waals surface area contributed by atoms with Gasteiger partial charge in [0.15, 0.2) is 0 Å². The van der Waals surface area contributed by atoms with Crippen molar-refractivity contribution in [1.29, 1.82) is 0 Å². The summed E-state index contributed by atoms with van der Waals surface area (Å²) in [6.45, 7) is 0. The molecule has 3 aromatic carbocycles. The van der Waals surface area contributed by atoms with Gasteiger partial charge < -0.3 is 9.52 Å². The molecule has 0 spiro atoms. The Bertz CT molecular complexity index is 1010. The molecule has 0 unspecified atom stereocenters. The highest BCUT2D eigenvalue weighted by Crippen LogP contribution is 2.40. The zero-order valence-electron chi connectivity index (χ0n) is 12.8. The molecule has 1 heterocycles. The minimum Gasteiger partial charge on any atom is -0.478 e. The Morgan fingerprint density at radius 3 is 2.12 bits per heavy atom. The third-order valence-corrected chi connectivity index (χ3v) is 4.05. The van der Waals surface area contributed by atoms with Crippen molar-refractivity contribution in [2.45, 2.75) is 0 Å². The molecule has 0 aliphatic rings. The smallest absolute Gasteiger partial charge is 0.335 e. The van der Waals surface area contributed by atoms with E-state index in [2.05, 4.69) is 0 Å². The summed E-state index contributed by atoms with van der Waals surface area (Å²) in [4.78, 5) is 11.1. The maximum Gasteiger partial charge on any atom is 0.335 e. The third kappa shape index (κ3) is 2.36. The van der Waals surface area contributed by atoms with E-state index in [1.165, 1.54) is 0 Å². The molecule has 116 valence electrons. The Balaban J connectivity index is 1.96. The van der Waals surface area contributed by atoms with Crippen LogP contribution in [0.3, 0.4) is 0 Å². The van der Waals surface area contributed by atoms with Gasteiger partial charge in [-0.25, -0.2) is 4.79 Å². The van der Waals surface area contributed by atoms with Gasteiger partial charge in [-0.1, -0.05) is 60.7 Å². The maximum absolute atomic E-state index is 11.1. The van der Waals surface area contributed by atoms with Crippen LogP contribution in [0.1, 0.15) is 10.4 Å². The molecule has 3 nitrogen and oxygen atoms in total. The van der Waals surface area contributed by atoms with Gasteiger partial charge in [0.25, 0.3) is 0 Å². The van der Waals surface area contributed by atoms with Crippen LogP contribution in [0.15, 0.2) is 83.3 Å². The number of hydrogen-bond donors (Lipinski definition) is 1. The highest BCUT2D eigenvalue weighted by molar-refractivity contribution is 6.01. The fraction of sp³-hybridized carbons (Fsp3) is 0. The highest BCUT2D eigenvalue weighted by atomic mass is 16.4. The van der Waals surface area contributed by atoms with Crippen LogP contribution in [0.4, 0.5) is 0 Å². The third-order valence-electron chi connectivity index (χ3n) is 4.05. The van der Waals surface area contributed by atoms with E-state index in [0.717, 1.165) is 33.4 Å². The van der Waals surface area contributed by atoms with Crippen LogP contribution in [0.2, 0.25) is 0 Å². The SMILES string of the molecule is O=C(O)c1ccc(-c2oc3ccccc3c2-c2ccccc2)cc1. The van der Waals surface area contributed by atoms with Crippen molar-refractivity contribution >= 4 is 16.9 Å². The van der Waals surface area contributed by atoms with Crippen molar-refractivity contribution in [2.24, 2.45) is 0 Å². The monoisotopic (exact) mass is 314 g/mol. The number of furan rings is 1. The molecule has 3 heteroatoms. The first-order valence-electron chi connectivity index (χ1n) is 7.65. The molecular weight excluding hydrogens is 300 g/mol. The predicted octanol–water partition coefficient (Wildman–Crippen LogP) is 5.47. The number of carboxylic acids is 1. The first-order chi connectivity index (χ1) is 11.7. The van der Waals surface area contributed by atoms with Crippen molar-refractivity contribution in [3.05, 3.63) is 84.4 Å². The van der Waals surface area contributed by atoms with E-state index >= 15 is 0 Å². The fourth-order valence-electron chi connectivity index (χ4n) is 2.90. The standard InChI is InChI=1S/C21H14O3/c22-21(23)16-12-10-15(11-13-16)20-19(14-6-2-1-3-7-14)17-8-4-5-9-18(17)24-20/h1-13H,(H,22,23). The molecule has 1 N–H and O–H groups in total. The minimum atomic E-state index is -0.936. The van der Waals surface area contributed by atoms with E-state index in [1.54, 1.807) is 24.3 Å².